The Balaban J connectivity index is 1.43. The molecule has 2 aliphatic rings. The van der Waals surface area contributed by atoms with Gasteiger partial charge in [0.05, 0.1) is 24.2 Å². The fourth-order valence-electron chi connectivity index (χ4n) is 4.91. The number of methoxy groups -OCH3 is 1. The lowest BCUT2D eigenvalue weighted by Gasteiger charge is -2.36. The standard InChI is InChI=1S/C28H31Cl2N3O4/c1-18-24(27(34)36-3)26(22-9-4-5-10-23(22)30)25(19(2)31-18)28(35)37-16-15-32-11-13-33(14-12-32)21-8-6-7-20(29)17-21/h4-10,17,26,31H,11-16H2,1-3H3. The molecule has 2 aliphatic heterocycles. The van der Waals surface area contributed by atoms with E-state index in [1.165, 1.54) is 7.11 Å². The van der Waals surface area contributed by atoms with Crippen molar-refractivity contribution in [2.75, 3.05) is 51.3 Å². The van der Waals surface area contributed by atoms with E-state index in [0.717, 1.165) is 36.9 Å². The maximum atomic E-state index is 13.4. The van der Waals surface area contributed by atoms with Crippen molar-refractivity contribution in [2.24, 2.45) is 0 Å². The van der Waals surface area contributed by atoms with E-state index in [1.807, 2.05) is 36.4 Å². The van der Waals surface area contributed by atoms with E-state index in [9.17, 15) is 9.59 Å². The van der Waals surface area contributed by atoms with Gasteiger partial charge in [0.2, 0.25) is 0 Å². The highest BCUT2D eigenvalue weighted by molar-refractivity contribution is 6.31. The third-order valence-electron chi connectivity index (χ3n) is 6.79. The van der Waals surface area contributed by atoms with Crippen LogP contribution < -0.4 is 10.2 Å². The molecule has 1 unspecified atom stereocenters. The van der Waals surface area contributed by atoms with Gasteiger partial charge in [-0.1, -0.05) is 47.5 Å². The first kappa shape index (κ1) is 27.0. The monoisotopic (exact) mass is 543 g/mol. The van der Waals surface area contributed by atoms with E-state index in [0.29, 0.717) is 39.7 Å². The Hall–Kier alpha value is -3.00. The topological polar surface area (TPSA) is 71.1 Å². The number of hydrogen-bond acceptors (Lipinski definition) is 7. The largest absolute Gasteiger partial charge is 0.466 e. The van der Waals surface area contributed by atoms with E-state index in [-0.39, 0.29) is 6.61 Å². The van der Waals surface area contributed by atoms with Gasteiger partial charge in [-0.15, -0.1) is 0 Å². The molecule has 1 saturated heterocycles. The first-order valence-electron chi connectivity index (χ1n) is 12.2. The molecule has 1 N–H and O–H groups in total. The summed E-state index contributed by atoms with van der Waals surface area (Å²) in [5.41, 5.74) is 3.68. The van der Waals surface area contributed by atoms with Crippen molar-refractivity contribution in [3.63, 3.8) is 0 Å². The molecule has 0 radical (unpaired) electrons. The van der Waals surface area contributed by atoms with E-state index >= 15 is 0 Å². The zero-order chi connectivity index (χ0) is 26.5. The lowest BCUT2D eigenvalue weighted by molar-refractivity contribution is -0.140. The van der Waals surface area contributed by atoms with E-state index in [4.69, 9.17) is 32.7 Å². The quantitative estimate of drug-likeness (QED) is 0.504. The molecule has 9 heteroatoms. The van der Waals surface area contributed by atoms with Crippen LogP contribution in [0.5, 0.6) is 0 Å². The number of nitrogens with zero attached hydrogens (tertiary/aromatic N) is 2. The summed E-state index contributed by atoms with van der Waals surface area (Å²) in [5, 5.41) is 4.33. The molecule has 1 atom stereocenters. The first-order chi connectivity index (χ1) is 17.8. The molecule has 0 aromatic heterocycles. The van der Waals surface area contributed by atoms with Crippen molar-refractivity contribution >= 4 is 40.8 Å². The average Bonchev–Trinajstić information content (AvgIpc) is 2.88. The second-order valence-corrected chi connectivity index (χ2v) is 9.94. The number of nitrogens with one attached hydrogen (secondary N) is 1. The second-order valence-electron chi connectivity index (χ2n) is 9.09. The summed E-state index contributed by atoms with van der Waals surface area (Å²) in [5.74, 6) is -1.71. The third-order valence-corrected chi connectivity index (χ3v) is 7.37. The van der Waals surface area contributed by atoms with Gasteiger partial charge in [-0.05, 0) is 43.7 Å². The van der Waals surface area contributed by atoms with Crippen LogP contribution in [0.1, 0.15) is 25.3 Å². The number of piperazine rings is 1. The summed E-state index contributed by atoms with van der Waals surface area (Å²) in [4.78, 5) is 30.7. The third kappa shape index (κ3) is 6.12. The number of benzene rings is 2. The summed E-state index contributed by atoms with van der Waals surface area (Å²) in [6.07, 6.45) is 0. The van der Waals surface area contributed by atoms with Crippen molar-refractivity contribution in [3.8, 4) is 0 Å². The number of rotatable bonds is 7. The highest BCUT2D eigenvalue weighted by Gasteiger charge is 2.38. The molecule has 1 fully saturated rings. The zero-order valence-corrected chi connectivity index (χ0v) is 22.7. The molecule has 4 rings (SSSR count). The van der Waals surface area contributed by atoms with Crippen molar-refractivity contribution in [2.45, 2.75) is 19.8 Å². The SMILES string of the molecule is COC(=O)C1=C(C)NC(C)=C(C(=O)OCCN2CCN(c3cccc(Cl)c3)CC2)C1c1ccccc1Cl. The number of hydrogen-bond donors (Lipinski definition) is 1. The molecule has 2 heterocycles. The molecule has 37 heavy (non-hydrogen) atoms. The molecule has 2 aromatic rings. The van der Waals surface area contributed by atoms with Gasteiger partial charge in [-0.3, -0.25) is 4.90 Å². The van der Waals surface area contributed by atoms with Crippen LogP contribution in [0.15, 0.2) is 71.1 Å². The van der Waals surface area contributed by atoms with E-state index in [2.05, 4.69) is 21.2 Å². The van der Waals surface area contributed by atoms with Crippen LogP contribution in [0.25, 0.3) is 0 Å². The molecule has 0 bridgehead atoms. The Morgan fingerprint density at radius 3 is 2.27 bits per heavy atom. The van der Waals surface area contributed by atoms with Crippen molar-refractivity contribution in [3.05, 3.63) is 86.7 Å². The lowest BCUT2D eigenvalue weighted by atomic mass is 9.80. The van der Waals surface area contributed by atoms with Crippen molar-refractivity contribution in [1.82, 2.24) is 10.2 Å². The van der Waals surface area contributed by atoms with Gasteiger partial charge < -0.3 is 19.7 Å². The van der Waals surface area contributed by atoms with Gasteiger partial charge >= 0.3 is 11.9 Å². The predicted octanol–water partition coefficient (Wildman–Crippen LogP) is 4.77. The van der Waals surface area contributed by atoms with Gasteiger partial charge in [-0.25, -0.2) is 9.59 Å². The minimum Gasteiger partial charge on any atom is -0.466 e. The zero-order valence-electron chi connectivity index (χ0n) is 21.2. The smallest absolute Gasteiger partial charge is 0.336 e. The Labute approximate surface area is 227 Å². The van der Waals surface area contributed by atoms with Crippen LogP contribution in [-0.2, 0) is 19.1 Å². The van der Waals surface area contributed by atoms with Crippen LogP contribution in [-0.4, -0.2) is 63.3 Å². The minimum absolute atomic E-state index is 0.234. The molecular formula is C28H31Cl2N3O4. The number of anilines is 1. The Morgan fingerprint density at radius 2 is 1.62 bits per heavy atom. The average molecular weight is 544 g/mol. The van der Waals surface area contributed by atoms with Crippen LogP contribution in [0.2, 0.25) is 10.0 Å². The Kier molecular flexibility index (Phi) is 8.79. The summed E-state index contributed by atoms with van der Waals surface area (Å²) in [6.45, 7) is 7.86. The first-order valence-corrected chi connectivity index (χ1v) is 13.0. The molecule has 0 spiro atoms. The second kappa shape index (κ2) is 12.0. The number of halogens is 2. The summed E-state index contributed by atoms with van der Waals surface area (Å²) in [7, 11) is 1.32. The fraction of sp³-hybridized carbons (Fsp3) is 0.357. The highest BCUT2D eigenvalue weighted by atomic mass is 35.5. The maximum absolute atomic E-state index is 13.4. The Morgan fingerprint density at radius 1 is 0.946 bits per heavy atom. The number of ether oxygens (including phenoxy) is 2. The molecule has 196 valence electrons. The highest BCUT2D eigenvalue weighted by Crippen LogP contribution is 2.41. The van der Waals surface area contributed by atoms with Gasteiger partial charge in [0.25, 0.3) is 0 Å². The normalized spacial score (nSPS) is 18.5. The fourth-order valence-corrected chi connectivity index (χ4v) is 5.34. The van der Waals surface area contributed by atoms with E-state index < -0.39 is 17.9 Å². The molecule has 2 aromatic carbocycles. The summed E-state index contributed by atoms with van der Waals surface area (Å²) < 4.78 is 10.8. The van der Waals surface area contributed by atoms with Crippen LogP contribution >= 0.6 is 23.2 Å². The molecule has 7 nitrogen and oxygen atoms in total. The molecule has 0 amide bonds. The van der Waals surface area contributed by atoms with Crippen LogP contribution in [0.4, 0.5) is 5.69 Å². The van der Waals surface area contributed by atoms with Gasteiger partial charge in [0.15, 0.2) is 0 Å². The van der Waals surface area contributed by atoms with Crippen molar-refractivity contribution in [1.29, 1.82) is 0 Å². The maximum Gasteiger partial charge on any atom is 0.336 e. The summed E-state index contributed by atoms with van der Waals surface area (Å²) >= 11 is 12.7. The van der Waals surface area contributed by atoms with Gasteiger partial charge in [0, 0.05) is 59.9 Å². The van der Waals surface area contributed by atoms with Gasteiger partial charge in [0.1, 0.15) is 6.61 Å². The minimum atomic E-state index is -0.698. The number of carbonyl (C=O) groups is 2. The molecular weight excluding hydrogens is 513 g/mol. The number of dihydropyridines is 1. The number of esters is 2. The van der Waals surface area contributed by atoms with Crippen molar-refractivity contribution < 1.29 is 19.1 Å². The lowest BCUT2D eigenvalue weighted by Crippen LogP contribution is -2.47. The number of carbonyl (C=O) groups excluding carboxylic acids is 2. The molecule has 0 saturated carbocycles. The summed E-state index contributed by atoms with van der Waals surface area (Å²) in [6, 6.07) is 15.1. The van der Waals surface area contributed by atoms with E-state index in [1.54, 1.807) is 19.9 Å². The predicted molar refractivity (Wildman–Crippen MR) is 146 cm³/mol. The van der Waals surface area contributed by atoms with Crippen LogP contribution in [0, 0.1) is 0 Å². The number of allylic oxidation sites excluding steroid dienone is 2. The van der Waals surface area contributed by atoms with Crippen LogP contribution in [0.3, 0.4) is 0 Å². The van der Waals surface area contributed by atoms with Gasteiger partial charge in [-0.2, -0.15) is 0 Å². The molecule has 0 aliphatic carbocycles. The Bertz CT molecular complexity index is 1240.